The van der Waals surface area contributed by atoms with Crippen molar-refractivity contribution in [3.63, 3.8) is 0 Å². The molecular weight excluding hydrogens is 446 g/mol. The Balaban J connectivity index is 2.53. The van der Waals surface area contributed by atoms with E-state index in [9.17, 15) is 23.4 Å². The van der Waals surface area contributed by atoms with Crippen LogP contribution in [0.1, 0.15) is 40.2 Å². The van der Waals surface area contributed by atoms with Gasteiger partial charge in [0.25, 0.3) is 0 Å². The highest BCUT2D eigenvalue weighted by atomic mass is 32.2. The van der Waals surface area contributed by atoms with E-state index in [0.29, 0.717) is 5.56 Å². The van der Waals surface area contributed by atoms with Gasteiger partial charge >= 0.3 is 6.03 Å². The molecule has 0 bridgehead atoms. The summed E-state index contributed by atoms with van der Waals surface area (Å²) in [4.78, 5) is 13.9. The van der Waals surface area contributed by atoms with Crippen LogP contribution in [-0.2, 0) is 10.0 Å². The van der Waals surface area contributed by atoms with Gasteiger partial charge in [-0.2, -0.15) is 4.31 Å². The zero-order chi connectivity index (χ0) is 24.9. The summed E-state index contributed by atoms with van der Waals surface area (Å²) in [5.74, 6) is 5.27. The van der Waals surface area contributed by atoms with Crippen molar-refractivity contribution in [2.75, 3.05) is 26.7 Å². The molecule has 2 rings (SSSR count). The fraction of sp³-hybridized carbons (Fsp3) is 0.609. The summed E-state index contributed by atoms with van der Waals surface area (Å²) in [6.45, 7) is 8.78. The number of hydrogen-bond donors (Lipinski definition) is 3. The number of carbonyl (C=O) groups is 1. The maximum Gasteiger partial charge on any atom is 0.317 e. The second-order valence-electron chi connectivity index (χ2n) is 8.83. The predicted octanol–water partition coefficient (Wildman–Crippen LogP) is 1.24. The standard InChI is InChI=1S/C23H35N3O6S/c1-15(2)24-23(29)25(6)13-21-16(3)12-26(17(4)14-27)33(30,31)22-10-9-19(8-7-18(5)28)11-20(22)32-21/h9-11,15-18,21,27-28H,12-14H2,1-6H3,(H,24,29)/t16-,17+,18+,21+/m0/s1. The Hall–Kier alpha value is -2.32. The molecule has 0 spiro atoms. The lowest BCUT2D eigenvalue weighted by atomic mass is 10.0. The third-order valence-electron chi connectivity index (χ3n) is 5.31. The SMILES string of the molecule is CC(C)NC(=O)N(C)C[C@H]1Oc2cc(C#C[C@@H](C)O)ccc2S(=O)(=O)N([C@H](C)CO)C[C@@H]1C. The second kappa shape index (κ2) is 11.2. The molecule has 9 nitrogen and oxygen atoms in total. The van der Waals surface area contributed by atoms with E-state index < -0.39 is 28.3 Å². The van der Waals surface area contributed by atoms with E-state index >= 15 is 0 Å². The first-order valence-corrected chi connectivity index (χ1v) is 12.5. The predicted molar refractivity (Wildman–Crippen MR) is 125 cm³/mol. The van der Waals surface area contributed by atoms with Crippen LogP contribution >= 0.6 is 0 Å². The summed E-state index contributed by atoms with van der Waals surface area (Å²) in [7, 11) is -2.31. The lowest BCUT2D eigenvalue weighted by Gasteiger charge is -2.37. The molecule has 1 aliphatic heterocycles. The van der Waals surface area contributed by atoms with Crippen molar-refractivity contribution < 1.29 is 28.2 Å². The van der Waals surface area contributed by atoms with Gasteiger partial charge in [-0.3, -0.25) is 0 Å². The smallest absolute Gasteiger partial charge is 0.317 e. The molecule has 0 radical (unpaired) electrons. The van der Waals surface area contributed by atoms with Crippen LogP contribution in [-0.4, -0.2) is 84.9 Å². The number of aliphatic hydroxyl groups excluding tert-OH is 2. The topological polar surface area (TPSA) is 119 Å². The molecule has 0 fully saturated rings. The highest BCUT2D eigenvalue weighted by molar-refractivity contribution is 7.89. The van der Waals surface area contributed by atoms with Crippen molar-refractivity contribution in [3.05, 3.63) is 23.8 Å². The summed E-state index contributed by atoms with van der Waals surface area (Å²) >= 11 is 0. The van der Waals surface area contributed by atoms with Crippen molar-refractivity contribution in [1.29, 1.82) is 0 Å². The third-order valence-corrected chi connectivity index (χ3v) is 7.32. The maximum atomic E-state index is 13.4. The Kier molecular flexibility index (Phi) is 9.14. The summed E-state index contributed by atoms with van der Waals surface area (Å²) in [6.07, 6.45) is -1.35. The van der Waals surface area contributed by atoms with Gasteiger partial charge in [0.2, 0.25) is 10.0 Å². The van der Waals surface area contributed by atoms with Crippen molar-refractivity contribution in [3.8, 4) is 17.6 Å². The number of urea groups is 1. The van der Waals surface area contributed by atoms with Gasteiger partial charge < -0.3 is 25.2 Å². The monoisotopic (exact) mass is 481 g/mol. The fourth-order valence-electron chi connectivity index (χ4n) is 3.42. The number of sulfonamides is 1. The van der Waals surface area contributed by atoms with E-state index in [2.05, 4.69) is 17.2 Å². The number of rotatable bonds is 5. The van der Waals surface area contributed by atoms with Crippen molar-refractivity contribution in [2.24, 2.45) is 5.92 Å². The van der Waals surface area contributed by atoms with Crippen LogP contribution < -0.4 is 10.1 Å². The minimum atomic E-state index is -3.96. The number of likely N-dealkylation sites (N-methyl/N-ethyl adjacent to an activating group) is 1. The van der Waals surface area contributed by atoms with Crippen molar-refractivity contribution in [2.45, 2.75) is 63.8 Å². The summed E-state index contributed by atoms with van der Waals surface area (Å²) < 4.78 is 34.4. The molecular formula is C23H35N3O6S. The van der Waals surface area contributed by atoms with Crippen LogP contribution in [0, 0.1) is 17.8 Å². The minimum absolute atomic E-state index is 0.0301. The number of hydrogen-bond acceptors (Lipinski definition) is 6. The summed E-state index contributed by atoms with van der Waals surface area (Å²) in [6, 6.07) is 3.59. The molecule has 1 aromatic rings. The normalized spacial score (nSPS) is 22.0. The van der Waals surface area contributed by atoms with E-state index in [1.807, 2.05) is 20.8 Å². The van der Waals surface area contributed by atoms with Crippen LogP contribution in [0.25, 0.3) is 0 Å². The molecule has 33 heavy (non-hydrogen) atoms. The minimum Gasteiger partial charge on any atom is -0.487 e. The largest absolute Gasteiger partial charge is 0.487 e. The van der Waals surface area contributed by atoms with Crippen LogP contribution in [0.15, 0.2) is 23.1 Å². The van der Waals surface area contributed by atoms with E-state index in [4.69, 9.17) is 4.74 Å². The van der Waals surface area contributed by atoms with Gasteiger partial charge in [-0.25, -0.2) is 13.2 Å². The zero-order valence-corrected chi connectivity index (χ0v) is 20.9. The molecule has 0 saturated carbocycles. The molecule has 184 valence electrons. The Morgan fingerprint density at radius 1 is 1.33 bits per heavy atom. The first-order valence-electron chi connectivity index (χ1n) is 11.0. The first kappa shape index (κ1) is 26.9. The Bertz CT molecular complexity index is 999. The highest BCUT2D eigenvalue weighted by Gasteiger charge is 2.38. The van der Waals surface area contributed by atoms with Crippen molar-refractivity contribution >= 4 is 16.1 Å². The van der Waals surface area contributed by atoms with E-state index in [1.165, 1.54) is 28.3 Å². The van der Waals surface area contributed by atoms with Crippen LogP contribution in [0.2, 0.25) is 0 Å². The maximum absolute atomic E-state index is 13.4. The number of nitrogens with one attached hydrogen (secondary N) is 1. The van der Waals surface area contributed by atoms with Gasteiger partial charge in [0.05, 0.1) is 13.2 Å². The van der Waals surface area contributed by atoms with Gasteiger partial charge in [-0.1, -0.05) is 18.8 Å². The van der Waals surface area contributed by atoms with Crippen molar-refractivity contribution in [1.82, 2.24) is 14.5 Å². The quantitative estimate of drug-likeness (QED) is 0.545. The molecule has 10 heteroatoms. The molecule has 3 N–H and O–H groups in total. The number of amides is 2. The van der Waals surface area contributed by atoms with E-state index in [-0.39, 0.29) is 48.3 Å². The highest BCUT2D eigenvalue weighted by Crippen LogP contribution is 2.34. The second-order valence-corrected chi connectivity index (χ2v) is 10.7. The molecule has 0 aromatic heterocycles. The molecule has 1 heterocycles. The lowest BCUT2D eigenvalue weighted by Crippen LogP contribution is -2.51. The lowest BCUT2D eigenvalue weighted by molar-refractivity contribution is 0.0809. The van der Waals surface area contributed by atoms with Crippen LogP contribution in [0.5, 0.6) is 5.75 Å². The number of ether oxygens (including phenoxy) is 1. The van der Waals surface area contributed by atoms with Gasteiger partial charge in [0, 0.05) is 37.2 Å². The number of aliphatic hydroxyl groups is 2. The molecule has 0 unspecified atom stereocenters. The average molecular weight is 482 g/mol. The molecule has 4 atom stereocenters. The number of fused-ring (bicyclic) bond motifs is 1. The van der Waals surface area contributed by atoms with Crippen LogP contribution in [0.4, 0.5) is 4.79 Å². The number of nitrogens with zero attached hydrogens (tertiary/aromatic N) is 2. The molecule has 1 aromatic carbocycles. The Morgan fingerprint density at radius 2 is 2.00 bits per heavy atom. The summed E-state index contributed by atoms with van der Waals surface area (Å²) in [5.41, 5.74) is 0.490. The van der Waals surface area contributed by atoms with E-state index in [1.54, 1.807) is 20.0 Å². The molecule has 0 saturated heterocycles. The number of carbonyl (C=O) groups excluding carboxylic acids is 1. The zero-order valence-electron chi connectivity index (χ0n) is 20.1. The van der Waals surface area contributed by atoms with Gasteiger partial charge in [-0.05, 0) is 45.9 Å². The Morgan fingerprint density at radius 3 is 2.58 bits per heavy atom. The van der Waals surface area contributed by atoms with Gasteiger partial charge in [0.1, 0.15) is 22.9 Å². The molecule has 0 aliphatic carbocycles. The fourth-order valence-corrected chi connectivity index (χ4v) is 5.24. The third kappa shape index (κ3) is 6.84. The average Bonchev–Trinajstić information content (AvgIpc) is 2.73. The molecule has 1 aliphatic rings. The number of benzene rings is 1. The molecule has 2 amide bonds. The van der Waals surface area contributed by atoms with Crippen LogP contribution in [0.3, 0.4) is 0 Å². The Labute approximate surface area is 196 Å². The first-order chi connectivity index (χ1) is 15.4. The van der Waals surface area contributed by atoms with E-state index in [0.717, 1.165) is 0 Å². The summed E-state index contributed by atoms with van der Waals surface area (Å²) in [5, 5.41) is 22.0. The van der Waals surface area contributed by atoms with Gasteiger partial charge in [0.15, 0.2) is 0 Å². The van der Waals surface area contributed by atoms with Gasteiger partial charge in [-0.15, -0.1) is 0 Å².